The third-order valence-electron chi connectivity index (χ3n) is 8.40. The fraction of sp³-hybridized carbons (Fsp3) is 0.359. The van der Waals surface area contributed by atoms with Crippen LogP contribution < -0.4 is 9.47 Å². The van der Waals surface area contributed by atoms with E-state index in [2.05, 4.69) is 55.6 Å². The molecule has 5 rings (SSSR count). The highest BCUT2D eigenvalue weighted by Gasteiger charge is 2.38. The largest absolute Gasteiger partial charge is 0.497 e. The molecule has 10 nitrogen and oxygen atoms in total. The normalized spacial score (nSPS) is 12.5. The summed E-state index contributed by atoms with van der Waals surface area (Å²) in [6.07, 6.45) is 1.91. The lowest BCUT2D eigenvalue weighted by Gasteiger charge is -2.36. The summed E-state index contributed by atoms with van der Waals surface area (Å²) < 4.78 is 35.0. The number of nitrogens with zero attached hydrogens (tertiary/aromatic N) is 5. The highest BCUT2D eigenvalue weighted by molar-refractivity contribution is 7.44. The second-order valence-corrected chi connectivity index (χ2v) is 14.2. The number of rotatable bonds is 18. The second-order valence-electron chi connectivity index (χ2n) is 12.3. The molecular formula is C39H45ClN5O5P. The van der Waals surface area contributed by atoms with Crippen molar-refractivity contribution in [1.82, 2.24) is 19.2 Å². The molecule has 0 saturated carbocycles. The molecular weight excluding hydrogens is 685 g/mol. The maximum absolute atomic E-state index is 9.13. The van der Waals surface area contributed by atoms with E-state index in [1.54, 1.807) is 26.5 Å². The van der Waals surface area contributed by atoms with Crippen molar-refractivity contribution in [2.75, 3.05) is 27.4 Å². The fourth-order valence-corrected chi connectivity index (χ4v) is 7.88. The monoisotopic (exact) mass is 729 g/mol. The molecule has 0 amide bonds. The maximum Gasteiger partial charge on any atom is 0.259 e. The topological polar surface area (TPSA) is 104 Å². The molecule has 0 fully saturated rings. The summed E-state index contributed by atoms with van der Waals surface area (Å²) in [6.45, 7) is 9.62. The van der Waals surface area contributed by atoms with E-state index >= 15 is 0 Å². The molecule has 1 unspecified atom stereocenters. The molecule has 0 aliphatic carbocycles. The van der Waals surface area contributed by atoms with Crippen LogP contribution in [0.3, 0.4) is 0 Å². The number of pyridine rings is 1. The molecule has 51 heavy (non-hydrogen) atoms. The minimum absolute atomic E-state index is 0.123. The van der Waals surface area contributed by atoms with Gasteiger partial charge in [0.05, 0.1) is 44.9 Å². The molecule has 0 bridgehead atoms. The third-order valence-corrected chi connectivity index (χ3v) is 10.7. The van der Waals surface area contributed by atoms with E-state index in [0.717, 1.165) is 28.2 Å². The summed E-state index contributed by atoms with van der Waals surface area (Å²) in [5.74, 6) is 2.14. The Morgan fingerprint density at radius 1 is 0.843 bits per heavy atom. The molecule has 0 spiro atoms. The first kappa shape index (κ1) is 38.2. The first-order valence-corrected chi connectivity index (χ1v) is 18.4. The Kier molecular flexibility index (Phi) is 13.4. The Morgan fingerprint density at radius 3 is 1.96 bits per heavy atom. The number of ether oxygens (including phenoxy) is 3. The third kappa shape index (κ3) is 8.88. The average molecular weight is 730 g/mol. The van der Waals surface area contributed by atoms with Crippen molar-refractivity contribution in [2.24, 2.45) is 0 Å². The summed E-state index contributed by atoms with van der Waals surface area (Å²) in [6, 6.07) is 30.3. The quantitative estimate of drug-likeness (QED) is 0.0497. The standard InChI is InChI=1S/C39H45ClN5O5P/c1-28(2)45(29(3)4)51(49-23-10-21-41)50-24-22-44-37(43-36-25-33(40)26-42-38(36)44)27-48-39(30-11-8-7-9-12-30,31-13-17-34(46-5)18-14-31)32-15-19-35(47-6)20-16-32/h7-9,11-20,25-26,28-29H,10,22-24,27H2,1-6H3. The second kappa shape index (κ2) is 17.9. The van der Waals surface area contributed by atoms with Crippen LogP contribution in [0.1, 0.15) is 56.6 Å². The summed E-state index contributed by atoms with van der Waals surface area (Å²) in [7, 11) is 1.88. The van der Waals surface area contributed by atoms with Crippen LogP contribution in [0.25, 0.3) is 11.2 Å². The van der Waals surface area contributed by atoms with Gasteiger partial charge in [0.1, 0.15) is 35.0 Å². The molecule has 2 aromatic heterocycles. The van der Waals surface area contributed by atoms with Crippen LogP contribution in [0.5, 0.6) is 11.5 Å². The number of benzene rings is 3. The zero-order valence-electron chi connectivity index (χ0n) is 30.0. The molecule has 0 N–H and O–H groups in total. The predicted octanol–water partition coefficient (Wildman–Crippen LogP) is 8.90. The van der Waals surface area contributed by atoms with Crippen molar-refractivity contribution in [3.8, 4) is 17.6 Å². The molecule has 2 heterocycles. The van der Waals surface area contributed by atoms with Gasteiger partial charge in [-0.15, -0.1) is 0 Å². The molecule has 0 aliphatic heterocycles. The highest BCUT2D eigenvalue weighted by atomic mass is 35.5. The van der Waals surface area contributed by atoms with Gasteiger partial charge in [-0.1, -0.05) is 66.2 Å². The number of nitriles is 1. The highest BCUT2D eigenvalue weighted by Crippen LogP contribution is 2.46. The lowest BCUT2D eigenvalue weighted by Crippen LogP contribution is -2.34. The van der Waals surface area contributed by atoms with Crippen molar-refractivity contribution >= 4 is 31.3 Å². The zero-order chi connectivity index (χ0) is 36.4. The van der Waals surface area contributed by atoms with Crippen LogP contribution in [-0.4, -0.2) is 58.7 Å². The van der Waals surface area contributed by atoms with Crippen LogP contribution in [0.4, 0.5) is 0 Å². The summed E-state index contributed by atoms with van der Waals surface area (Å²) in [5, 5.41) is 9.62. The Hall–Kier alpha value is -4.07. The fourth-order valence-electron chi connectivity index (χ4n) is 6.15. The number of imidazole rings is 1. The van der Waals surface area contributed by atoms with Crippen molar-refractivity contribution in [3.63, 3.8) is 0 Å². The minimum Gasteiger partial charge on any atom is -0.497 e. The lowest BCUT2D eigenvalue weighted by atomic mass is 9.80. The van der Waals surface area contributed by atoms with Gasteiger partial charge < -0.3 is 27.8 Å². The van der Waals surface area contributed by atoms with Crippen molar-refractivity contribution in [2.45, 2.75) is 65.0 Å². The Bertz CT molecular complexity index is 1830. The minimum atomic E-state index is -1.43. The van der Waals surface area contributed by atoms with Crippen LogP contribution in [0.15, 0.2) is 91.1 Å². The number of methoxy groups -OCH3 is 2. The number of halogens is 1. The summed E-state index contributed by atoms with van der Waals surface area (Å²) in [5.41, 5.74) is 3.04. The molecule has 0 radical (unpaired) electrons. The molecule has 3 aromatic carbocycles. The predicted molar refractivity (Wildman–Crippen MR) is 201 cm³/mol. The van der Waals surface area contributed by atoms with E-state index < -0.39 is 14.1 Å². The van der Waals surface area contributed by atoms with E-state index in [1.807, 2.05) is 71.3 Å². The van der Waals surface area contributed by atoms with Crippen molar-refractivity contribution in [3.05, 3.63) is 119 Å². The summed E-state index contributed by atoms with van der Waals surface area (Å²) >= 11 is 6.39. The van der Waals surface area contributed by atoms with Gasteiger partial charge in [-0.25, -0.2) is 14.6 Å². The first-order valence-electron chi connectivity index (χ1n) is 16.9. The number of hydrogen-bond donors (Lipinski definition) is 0. The molecule has 1 atom stereocenters. The van der Waals surface area contributed by atoms with Crippen LogP contribution in [-0.2, 0) is 32.5 Å². The van der Waals surface area contributed by atoms with Crippen molar-refractivity contribution < 1.29 is 23.3 Å². The first-order chi connectivity index (χ1) is 24.7. The van der Waals surface area contributed by atoms with Gasteiger partial charge in [0.2, 0.25) is 0 Å². The molecule has 12 heteroatoms. The number of fused-ring (bicyclic) bond motifs is 1. The SMILES string of the molecule is COc1ccc(C(OCc2nc3cc(Cl)cnc3n2CCOP(OCCC#N)N(C(C)C)C(C)C)(c2ccccc2)c2ccc(OC)cc2)cc1. The van der Waals surface area contributed by atoms with E-state index in [-0.39, 0.29) is 25.1 Å². The van der Waals surface area contributed by atoms with Crippen LogP contribution >= 0.6 is 20.1 Å². The average Bonchev–Trinajstić information content (AvgIpc) is 3.48. The van der Waals surface area contributed by atoms with Gasteiger partial charge in [0, 0.05) is 24.8 Å². The molecule has 5 aromatic rings. The van der Waals surface area contributed by atoms with Gasteiger partial charge in [0.15, 0.2) is 5.65 Å². The van der Waals surface area contributed by atoms with Gasteiger partial charge in [-0.3, -0.25) is 0 Å². The van der Waals surface area contributed by atoms with Gasteiger partial charge >= 0.3 is 0 Å². The van der Waals surface area contributed by atoms with Gasteiger partial charge in [-0.2, -0.15) is 5.26 Å². The maximum atomic E-state index is 9.13. The Morgan fingerprint density at radius 2 is 1.41 bits per heavy atom. The lowest BCUT2D eigenvalue weighted by molar-refractivity contribution is -0.00456. The Labute approximate surface area is 306 Å². The van der Waals surface area contributed by atoms with Gasteiger partial charge in [0.25, 0.3) is 8.53 Å². The Balaban J connectivity index is 1.54. The smallest absolute Gasteiger partial charge is 0.259 e. The van der Waals surface area contributed by atoms with E-state index in [0.29, 0.717) is 41.8 Å². The zero-order valence-corrected chi connectivity index (χ0v) is 31.6. The number of aromatic nitrogens is 3. The molecule has 0 saturated heterocycles. The van der Waals surface area contributed by atoms with Crippen molar-refractivity contribution in [1.29, 1.82) is 5.26 Å². The van der Waals surface area contributed by atoms with Gasteiger partial charge in [-0.05, 0) is 74.7 Å². The molecule has 268 valence electrons. The molecule has 0 aliphatic rings. The van der Waals surface area contributed by atoms with E-state index in [9.17, 15) is 0 Å². The summed E-state index contributed by atoms with van der Waals surface area (Å²) in [4.78, 5) is 9.65. The van der Waals surface area contributed by atoms with Crippen LogP contribution in [0.2, 0.25) is 5.02 Å². The van der Waals surface area contributed by atoms with Crippen LogP contribution in [0, 0.1) is 11.3 Å². The van der Waals surface area contributed by atoms with E-state index in [1.165, 1.54) is 0 Å². The number of hydrogen-bond acceptors (Lipinski definition) is 9. The van der Waals surface area contributed by atoms with E-state index in [4.69, 9.17) is 45.1 Å².